The minimum absolute atomic E-state index is 0.0797. The number of benzene rings is 1. The van der Waals surface area contributed by atoms with Crippen LogP contribution in [0.5, 0.6) is 0 Å². The van der Waals surface area contributed by atoms with Crippen molar-refractivity contribution in [1.82, 2.24) is 20.0 Å². The number of urea groups is 1. The zero-order valence-electron chi connectivity index (χ0n) is 17.6. The molecule has 2 aromatic rings. The Kier molecular flexibility index (Phi) is 5.51. The van der Waals surface area contributed by atoms with Crippen molar-refractivity contribution in [3.05, 3.63) is 39.7 Å². The van der Waals surface area contributed by atoms with Gasteiger partial charge in [0.15, 0.2) is 0 Å². The third-order valence-corrected chi connectivity index (χ3v) is 6.85. The van der Waals surface area contributed by atoms with Crippen molar-refractivity contribution < 1.29 is 22.8 Å². The minimum Gasteiger partial charge on any atom is -0.365 e. The Bertz CT molecular complexity index is 1090. The van der Waals surface area contributed by atoms with E-state index in [1.165, 1.54) is 23.1 Å². The van der Waals surface area contributed by atoms with E-state index in [2.05, 4.69) is 26.3 Å². The SMILES string of the molecule is CC(C)(NC(=O)N1CCn2nc(-c3ccc(F)c(Br)c3)c(C(N)=O)c2C1)C1CC(F)(F)C1. The first-order valence-corrected chi connectivity index (χ1v) is 11.0. The fraction of sp³-hybridized carbons (Fsp3) is 0.476. The molecule has 172 valence electrons. The van der Waals surface area contributed by atoms with Crippen LogP contribution >= 0.6 is 15.9 Å². The maximum absolute atomic E-state index is 13.6. The number of fused-ring (bicyclic) bond motifs is 1. The van der Waals surface area contributed by atoms with Crippen molar-refractivity contribution >= 4 is 27.9 Å². The summed E-state index contributed by atoms with van der Waals surface area (Å²) in [6.07, 6.45) is -0.509. The average Bonchev–Trinajstić information content (AvgIpc) is 3.06. The van der Waals surface area contributed by atoms with E-state index in [4.69, 9.17) is 5.73 Å². The van der Waals surface area contributed by atoms with Gasteiger partial charge in [0.2, 0.25) is 5.92 Å². The van der Waals surface area contributed by atoms with E-state index in [9.17, 15) is 22.8 Å². The van der Waals surface area contributed by atoms with Crippen LogP contribution in [0.4, 0.5) is 18.0 Å². The van der Waals surface area contributed by atoms with Crippen LogP contribution in [0.2, 0.25) is 0 Å². The molecule has 32 heavy (non-hydrogen) atoms. The van der Waals surface area contributed by atoms with Gasteiger partial charge in [-0.2, -0.15) is 5.10 Å². The molecule has 0 radical (unpaired) electrons. The lowest BCUT2D eigenvalue weighted by atomic mass is 9.70. The highest BCUT2D eigenvalue weighted by Gasteiger charge is 2.52. The number of nitrogens with one attached hydrogen (secondary N) is 1. The van der Waals surface area contributed by atoms with E-state index >= 15 is 0 Å². The summed E-state index contributed by atoms with van der Waals surface area (Å²) in [4.78, 5) is 26.7. The van der Waals surface area contributed by atoms with Crippen LogP contribution in [0.3, 0.4) is 0 Å². The normalized spacial score (nSPS) is 18.1. The van der Waals surface area contributed by atoms with Crippen LogP contribution in [0.25, 0.3) is 11.3 Å². The molecule has 1 aliphatic heterocycles. The Morgan fingerprint density at radius 2 is 1.97 bits per heavy atom. The number of nitrogens with zero attached hydrogens (tertiary/aromatic N) is 3. The van der Waals surface area contributed by atoms with E-state index in [-0.39, 0.29) is 35.3 Å². The minimum atomic E-state index is -2.67. The average molecular weight is 514 g/mol. The highest BCUT2D eigenvalue weighted by atomic mass is 79.9. The van der Waals surface area contributed by atoms with Gasteiger partial charge in [-0.05, 0) is 53.9 Å². The van der Waals surface area contributed by atoms with Gasteiger partial charge in [-0.15, -0.1) is 0 Å². The molecule has 1 aromatic heterocycles. The highest BCUT2D eigenvalue weighted by molar-refractivity contribution is 9.10. The van der Waals surface area contributed by atoms with Gasteiger partial charge in [-0.1, -0.05) is 0 Å². The molecule has 0 spiro atoms. The number of primary amides is 1. The second-order valence-corrected chi connectivity index (χ2v) is 9.78. The molecule has 4 rings (SSSR count). The van der Waals surface area contributed by atoms with Crippen LogP contribution < -0.4 is 11.1 Å². The van der Waals surface area contributed by atoms with E-state index in [0.717, 1.165) is 0 Å². The number of halogens is 4. The van der Waals surface area contributed by atoms with Crippen molar-refractivity contribution in [2.75, 3.05) is 6.54 Å². The standard InChI is InChI=1S/C21H23BrF3N5O2/c1-20(2,12-8-21(24,25)9-12)27-19(32)29-5-6-30-15(10-29)16(18(26)31)17(28-30)11-3-4-14(23)13(22)7-11/h3-4,7,12H,5-6,8-10H2,1-2H3,(H2,26,31)(H,27,32). The number of nitrogens with two attached hydrogens (primary N) is 1. The Labute approximate surface area is 191 Å². The van der Waals surface area contributed by atoms with E-state index in [1.54, 1.807) is 18.5 Å². The van der Waals surface area contributed by atoms with Crippen LogP contribution in [0, 0.1) is 11.7 Å². The Morgan fingerprint density at radius 1 is 1.28 bits per heavy atom. The van der Waals surface area contributed by atoms with E-state index in [0.29, 0.717) is 30.0 Å². The molecule has 2 aliphatic rings. The van der Waals surface area contributed by atoms with E-state index < -0.39 is 29.2 Å². The van der Waals surface area contributed by atoms with Crippen LogP contribution in [-0.4, -0.2) is 44.6 Å². The zero-order chi connectivity index (χ0) is 23.4. The second kappa shape index (κ2) is 7.79. The third kappa shape index (κ3) is 4.10. The zero-order valence-corrected chi connectivity index (χ0v) is 19.2. The smallest absolute Gasteiger partial charge is 0.318 e. The molecule has 3 N–H and O–H groups in total. The van der Waals surface area contributed by atoms with Crippen LogP contribution in [-0.2, 0) is 13.1 Å². The molecule has 0 unspecified atom stereocenters. The fourth-order valence-corrected chi connectivity index (χ4v) is 4.60. The molecule has 0 bridgehead atoms. The first kappa shape index (κ1) is 22.6. The van der Waals surface area contributed by atoms with Gasteiger partial charge in [0.05, 0.1) is 28.8 Å². The lowest BCUT2D eigenvalue weighted by molar-refractivity contribution is -0.129. The molecular weight excluding hydrogens is 491 g/mol. The van der Waals surface area contributed by atoms with Crippen LogP contribution in [0.15, 0.2) is 22.7 Å². The predicted molar refractivity (Wildman–Crippen MR) is 115 cm³/mol. The summed E-state index contributed by atoms with van der Waals surface area (Å²) in [7, 11) is 0. The summed E-state index contributed by atoms with van der Waals surface area (Å²) in [5.74, 6) is -4.15. The molecule has 3 amide bonds. The summed E-state index contributed by atoms with van der Waals surface area (Å²) in [5, 5.41) is 7.34. The summed E-state index contributed by atoms with van der Waals surface area (Å²) < 4.78 is 42.1. The number of alkyl halides is 2. The first-order chi connectivity index (χ1) is 14.9. The largest absolute Gasteiger partial charge is 0.365 e. The van der Waals surface area contributed by atoms with Gasteiger partial charge < -0.3 is 16.0 Å². The Hall–Kier alpha value is -2.56. The highest BCUT2D eigenvalue weighted by Crippen LogP contribution is 2.47. The predicted octanol–water partition coefficient (Wildman–Crippen LogP) is 3.90. The molecule has 1 aromatic carbocycles. The molecule has 2 heterocycles. The number of amides is 3. The number of rotatable bonds is 4. The number of hydrogen-bond donors (Lipinski definition) is 2. The van der Waals surface area contributed by atoms with Crippen molar-refractivity contribution in [3.63, 3.8) is 0 Å². The van der Waals surface area contributed by atoms with Gasteiger partial charge >= 0.3 is 6.03 Å². The third-order valence-electron chi connectivity index (χ3n) is 6.25. The van der Waals surface area contributed by atoms with Gasteiger partial charge in [-0.25, -0.2) is 18.0 Å². The summed E-state index contributed by atoms with van der Waals surface area (Å²) >= 11 is 3.13. The maximum Gasteiger partial charge on any atom is 0.318 e. The monoisotopic (exact) mass is 513 g/mol. The molecule has 11 heteroatoms. The van der Waals surface area contributed by atoms with E-state index in [1.807, 2.05) is 0 Å². The van der Waals surface area contributed by atoms with Crippen molar-refractivity contribution in [2.24, 2.45) is 11.7 Å². The first-order valence-electron chi connectivity index (χ1n) is 10.2. The Morgan fingerprint density at radius 3 is 2.56 bits per heavy atom. The van der Waals surface area contributed by atoms with Gasteiger partial charge in [-0.3, -0.25) is 9.48 Å². The molecule has 1 saturated carbocycles. The van der Waals surface area contributed by atoms with Crippen molar-refractivity contribution in [3.8, 4) is 11.3 Å². The molecule has 0 atom stereocenters. The lowest BCUT2D eigenvalue weighted by Gasteiger charge is -2.46. The van der Waals surface area contributed by atoms with Gasteiger partial charge in [0, 0.05) is 30.5 Å². The number of carbonyl (C=O) groups is 2. The molecule has 1 aliphatic carbocycles. The van der Waals surface area contributed by atoms with Gasteiger partial charge in [0.1, 0.15) is 11.5 Å². The second-order valence-electron chi connectivity index (χ2n) is 8.92. The van der Waals surface area contributed by atoms with Crippen LogP contribution in [0.1, 0.15) is 42.7 Å². The number of aromatic nitrogens is 2. The summed E-state index contributed by atoms with van der Waals surface area (Å²) in [6, 6.07) is 3.87. The topological polar surface area (TPSA) is 93.2 Å². The quantitative estimate of drug-likeness (QED) is 0.649. The maximum atomic E-state index is 13.6. The van der Waals surface area contributed by atoms with Crippen molar-refractivity contribution in [2.45, 2.75) is 51.2 Å². The summed E-state index contributed by atoms with van der Waals surface area (Å²) in [6.45, 7) is 4.20. The lowest BCUT2D eigenvalue weighted by Crippen LogP contribution is -2.59. The number of carbonyl (C=O) groups excluding carboxylic acids is 2. The molecule has 0 saturated heterocycles. The van der Waals surface area contributed by atoms with Gasteiger partial charge in [0.25, 0.3) is 5.91 Å². The molecular formula is C21H23BrF3N5O2. The summed E-state index contributed by atoms with van der Waals surface area (Å²) in [5.41, 5.74) is 6.30. The Balaban J connectivity index is 1.57. The van der Waals surface area contributed by atoms with Crippen molar-refractivity contribution in [1.29, 1.82) is 0 Å². The number of hydrogen-bond acceptors (Lipinski definition) is 3. The molecule has 1 fully saturated rings. The molecule has 7 nitrogen and oxygen atoms in total. The fourth-order valence-electron chi connectivity index (χ4n) is 4.22.